The minimum atomic E-state index is -4.75. The van der Waals surface area contributed by atoms with E-state index in [1.54, 1.807) is 10.7 Å². The van der Waals surface area contributed by atoms with Gasteiger partial charge in [0.15, 0.2) is 5.82 Å². The summed E-state index contributed by atoms with van der Waals surface area (Å²) >= 11 is 0. The summed E-state index contributed by atoms with van der Waals surface area (Å²) in [6.07, 6.45) is -0.101. The number of hydrogen-bond donors (Lipinski definition) is 2. The fourth-order valence-electron chi connectivity index (χ4n) is 5.93. The summed E-state index contributed by atoms with van der Waals surface area (Å²) in [5.41, 5.74) is 1.43. The van der Waals surface area contributed by atoms with E-state index in [2.05, 4.69) is 43.0 Å². The lowest BCUT2D eigenvalue weighted by molar-refractivity contribution is -0.274. The van der Waals surface area contributed by atoms with E-state index in [4.69, 9.17) is 4.74 Å². The number of rotatable bonds is 8. The minimum Gasteiger partial charge on any atom is -0.490 e. The maximum atomic E-state index is 12.9. The van der Waals surface area contributed by atoms with Crippen LogP contribution in [-0.2, 0) is 19.1 Å². The molecule has 2 N–H and O–H groups in total. The van der Waals surface area contributed by atoms with Crippen LogP contribution in [0.5, 0.6) is 11.5 Å². The van der Waals surface area contributed by atoms with Crippen LogP contribution in [0.3, 0.4) is 0 Å². The summed E-state index contributed by atoms with van der Waals surface area (Å²) < 4.78 is 50.6. The van der Waals surface area contributed by atoms with Gasteiger partial charge in [-0.25, -0.2) is 4.68 Å². The van der Waals surface area contributed by atoms with Crippen LogP contribution in [0.2, 0.25) is 0 Å². The first-order valence-corrected chi connectivity index (χ1v) is 12.6. The van der Waals surface area contributed by atoms with Gasteiger partial charge in [0.25, 0.3) is 0 Å². The number of aromatic nitrogens is 4. The topological polar surface area (TPSA) is 86.1 Å². The first kappa shape index (κ1) is 24.2. The third-order valence-electron chi connectivity index (χ3n) is 7.73. The van der Waals surface area contributed by atoms with E-state index >= 15 is 0 Å². The molecular formula is C26H29F3N6O2. The molecule has 2 aromatic carbocycles. The highest BCUT2D eigenvalue weighted by molar-refractivity contribution is 5.41. The number of nitrogens with zero attached hydrogens (tertiary/aromatic N) is 4. The number of fused-ring (bicyclic) bond motifs is 2. The van der Waals surface area contributed by atoms with Crippen LogP contribution < -0.4 is 20.1 Å². The maximum absolute atomic E-state index is 12.9. The molecule has 1 aromatic heterocycles. The Labute approximate surface area is 212 Å². The smallest absolute Gasteiger partial charge is 0.490 e. The number of halogens is 3. The highest BCUT2D eigenvalue weighted by Gasteiger charge is 2.55. The molecule has 4 unspecified atom stereocenters. The molecule has 0 spiro atoms. The molecule has 37 heavy (non-hydrogen) atoms. The molecule has 3 heterocycles. The second kappa shape index (κ2) is 9.29. The van der Waals surface area contributed by atoms with Gasteiger partial charge < -0.3 is 20.1 Å². The number of nitrogens with one attached hydrogen (secondary N) is 2. The summed E-state index contributed by atoms with van der Waals surface area (Å²) in [5, 5.41) is 19.8. The molecule has 1 aliphatic carbocycles. The summed E-state index contributed by atoms with van der Waals surface area (Å²) in [6, 6.07) is 14.9. The van der Waals surface area contributed by atoms with Crippen molar-refractivity contribution in [3.05, 3.63) is 65.5 Å². The zero-order valence-corrected chi connectivity index (χ0v) is 20.4. The molecule has 4 atom stereocenters. The molecule has 11 heteroatoms. The Morgan fingerprint density at radius 3 is 2.62 bits per heavy atom. The van der Waals surface area contributed by atoms with Crippen LogP contribution >= 0.6 is 0 Å². The fraction of sp³-hybridized carbons (Fsp3) is 0.500. The molecule has 6 rings (SSSR count). The SMILES string of the molecule is Cn1nnnc1C1CC2(c3ccccc3)NC1CCC2NCc1cc(OC(F)(F)F)ccc1OC1CC1. The number of hydrogen-bond acceptors (Lipinski definition) is 7. The summed E-state index contributed by atoms with van der Waals surface area (Å²) in [6.45, 7) is 0.346. The number of aryl methyl sites for hydroxylation is 1. The largest absolute Gasteiger partial charge is 0.573 e. The third-order valence-corrected chi connectivity index (χ3v) is 7.73. The molecule has 2 saturated heterocycles. The maximum Gasteiger partial charge on any atom is 0.573 e. The van der Waals surface area contributed by atoms with Gasteiger partial charge in [0.05, 0.1) is 11.6 Å². The average molecular weight is 515 g/mol. The lowest BCUT2D eigenvalue weighted by atomic mass is 9.78. The predicted molar refractivity (Wildman–Crippen MR) is 128 cm³/mol. The van der Waals surface area contributed by atoms with Gasteiger partial charge in [0.2, 0.25) is 0 Å². The number of tetrazole rings is 1. The third kappa shape index (κ3) is 4.89. The first-order valence-electron chi connectivity index (χ1n) is 12.6. The normalized spacial score (nSPS) is 27.3. The zero-order valence-electron chi connectivity index (χ0n) is 20.4. The Balaban J connectivity index is 1.29. The van der Waals surface area contributed by atoms with Crippen molar-refractivity contribution in [2.75, 3.05) is 0 Å². The average Bonchev–Trinajstić information content (AvgIpc) is 3.51. The molecule has 8 nitrogen and oxygen atoms in total. The van der Waals surface area contributed by atoms with Crippen LogP contribution in [-0.4, -0.2) is 44.8 Å². The molecule has 3 aliphatic rings. The second-order valence-corrected chi connectivity index (χ2v) is 10.2. The molecule has 0 radical (unpaired) electrons. The number of piperidine rings is 1. The van der Waals surface area contributed by atoms with Crippen molar-refractivity contribution in [3.8, 4) is 11.5 Å². The Hall–Kier alpha value is -3.18. The van der Waals surface area contributed by atoms with Crippen molar-refractivity contribution < 1.29 is 22.6 Å². The summed E-state index contributed by atoms with van der Waals surface area (Å²) in [5.74, 6) is 1.34. The second-order valence-electron chi connectivity index (χ2n) is 10.2. The van der Waals surface area contributed by atoms with Crippen LogP contribution in [0.15, 0.2) is 48.5 Å². The van der Waals surface area contributed by atoms with Gasteiger partial charge >= 0.3 is 6.36 Å². The minimum absolute atomic E-state index is 0.0262. The molecule has 1 saturated carbocycles. The van der Waals surface area contributed by atoms with Gasteiger partial charge in [-0.3, -0.25) is 0 Å². The molecule has 2 bridgehead atoms. The Morgan fingerprint density at radius 1 is 1.11 bits per heavy atom. The highest BCUT2D eigenvalue weighted by Crippen LogP contribution is 2.49. The Bertz CT molecular complexity index is 1250. The quantitative estimate of drug-likeness (QED) is 0.471. The van der Waals surface area contributed by atoms with E-state index in [-0.39, 0.29) is 35.4 Å². The number of benzene rings is 2. The van der Waals surface area contributed by atoms with Gasteiger partial charge in [0, 0.05) is 37.2 Å². The number of ether oxygens (including phenoxy) is 2. The van der Waals surface area contributed by atoms with E-state index in [0.29, 0.717) is 17.9 Å². The van der Waals surface area contributed by atoms with Crippen LogP contribution in [0.25, 0.3) is 0 Å². The molecule has 3 aromatic rings. The van der Waals surface area contributed by atoms with E-state index in [1.807, 2.05) is 25.2 Å². The molecule has 0 amide bonds. The van der Waals surface area contributed by atoms with Crippen molar-refractivity contribution in [1.29, 1.82) is 0 Å². The molecule has 3 fully saturated rings. The van der Waals surface area contributed by atoms with E-state index in [0.717, 1.165) is 37.9 Å². The lowest BCUT2D eigenvalue weighted by Gasteiger charge is -2.43. The van der Waals surface area contributed by atoms with E-state index in [9.17, 15) is 13.2 Å². The number of alkyl halides is 3. The first-order chi connectivity index (χ1) is 17.8. The molecule has 196 valence electrons. The van der Waals surface area contributed by atoms with Gasteiger partial charge in [-0.1, -0.05) is 30.3 Å². The highest BCUT2D eigenvalue weighted by atomic mass is 19.4. The monoisotopic (exact) mass is 514 g/mol. The van der Waals surface area contributed by atoms with Crippen LogP contribution in [0.1, 0.15) is 55.0 Å². The molecular weight excluding hydrogens is 485 g/mol. The summed E-state index contributed by atoms with van der Waals surface area (Å²) in [7, 11) is 1.86. The predicted octanol–water partition coefficient (Wildman–Crippen LogP) is 3.94. The van der Waals surface area contributed by atoms with Crippen LogP contribution in [0, 0.1) is 0 Å². The van der Waals surface area contributed by atoms with Crippen molar-refractivity contribution in [1.82, 2.24) is 30.8 Å². The fourth-order valence-corrected chi connectivity index (χ4v) is 5.93. The summed E-state index contributed by atoms with van der Waals surface area (Å²) in [4.78, 5) is 0. The van der Waals surface area contributed by atoms with Crippen molar-refractivity contribution in [2.45, 2.75) is 74.7 Å². The van der Waals surface area contributed by atoms with E-state index < -0.39 is 6.36 Å². The van der Waals surface area contributed by atoms with Gasteiger partial charge in [-0.15, -0.1) is 18.3 Å². The Morgan fingerprint density at radius 2 is 1.92 bits per heavy atom. The van der Waals surface area contributed by atoms with Crippen LogP contribution in [0.4, 0.5) is 13.2 Å². The van der Waals surface area contributed by atoms with Gasteiger partial charge in [-0.05, 0) is 66.3 Å². The van der Waals surface area contributed by atoms with E-state index in [1.165, 1.54) is 17.7 Å². The van der Waals surface area contributed by atoms with Gasteiger partial charge in [-0.2, -0.15) is 0 Å². The van der Waals surface area contributed by atoms with Crippen molar-refractivity contribution in [3.63, 3.8) is 0 Å². The Kier molecular flexibility index (Phi) is 6.07. The lowest BCUT2D eigenvalue weighted by Crippen LogP contribution is -2.58. The zero-order chi connectivity index (χ0) is 25.6. The molecule has 2 aliphatic heterocycles. The van der Waals surface area contributed by atoms with Crippen molar-refractivity contribution in [2.24, 2.45) is 7.05 Å². The van der Waals surface area contributed by atoms with Gasteiger partial charge in [0.1, 0.15) is 11.5 Å². The van der Waals surface area contributed by atoms with Crippen molar-refractivity contribution >= 4 is 0 Å². The standard InChI is InChI=1S/C26H29F3N6O2/c1-35-24(32-33-34-35)20-14-25(17-5-3-2-4-6-17)23(12-10-21(20)31-25)30-15-16-13-19(37-26(27,28)29)9-11-22(16)36-18-7-8-18/h2-6,9,11,13,18,20-21,23,30-31H,7-8,10,12,14-15H2,1H3.